The monoisotopic (exact) mass is 387 g/mol. The van der Waals surface area contributed by atoms with Gasteiger partial charge < -0.3 is 15.4 Å². The van der Waals surface area contributed by atoms with Crippen LogP contribution in [0.1, 0.15) is 10.5 Å². The van der Waals surface area contributed by atoms with Crippen LogP contribution >= 0.6 is 23.2 Å². The van der Waals surface area contributed by atoms with E-state index in [2.05, 4.69) is 15.6 Å². The van der Waals surface area contributed by atoms with E-state index in [1.165, 1.54) is 0 Å². The summed E-state index contributed by atoms with van der Waals surface area (Å²) in [7, 11) is 1.57. The topological polar surface area (TPSA) is 63.2 Å². The molecule has 7 heteroatoms. The molecule has 26 heavy (non-hydrogen) atoms. The molecule has 0 saturated carbocycles. The number of carbonyl (C=O) groups is 1. The van der Waals surface area contributed by atoms with Crippen molar-refractivity contribution in [3.63, 3.8) is 0 Å². The Hall–Kier alpha value is -2.76. The van der Waals surface area contributed by atoms with Gasteiger partial charge in [0.2, 0.25) is 0 Å². The summed E-state index contributed by atoms with van der Waals surface area (Å²) in [6, 6.07) is 15.7. The summed E-state index contributed by atoms with van der Waals surface area (Å²) in [5, 5.41) is 6.78. The Morgan fingerprint density at radius 2 is 1.85 bits per heavy atom. The summed E-state index contributed by atoms with van der Waals surface area (Å²) < 4.78 is 5.15. The minimum atomic E-state index is -0.334. The quantitative estimate of drug-likeness (QED) is 0.615. The van der Waals surface area contributed by atoms with E-state index in [-0.39, 0.29) is 11.6 Å². The molecule has 0 unspecified atom stereocenters. The lowest BCUT2D eigenvalue weighted by Crippen LogP contribution is -2.13. The zero-order chi connectivity index (χ0) is 18.5. The third-order valence-electron chi connectivity index (χ3n) is 3.55. The summed E-state index contributed by atoms with van der Waals surface area (Å²) >= 11 is 12.2. The van der Waals surface area contributed by atoms with Gasteiger partial charge in [0.1, 0.15) is 11.4 Å². The molecule has 1 aromatic heterocycles. The van der Waals surface area contributed by atoms with Crippen LogP contribution in [0.2, 0.25) is 10.0 Å². The van der Waals surface area contributed by atoms with Crippen molar-refractivity contribution >= 4 is 46.2 Å². The molecule has 0 radical (unpaired) electrons. The lowest BCUT2D eigenvalue weighted by Gasteiger charge is -2.11. The predicted octanol–water partition coefficient (Wildman–Crippen LogP) is 5.39. The van der Waals surface area contributed by atoms with Crippen LogP contribution in [-0.4, -0.2) is 18.0 Å². The van der Waals surface area contributed by atoms with Crippen molar-refractivity contribution in [2.75, 3.05) is 17.7 Å². The fraction of sp³-hybridized carbons (Fsp3) is 0.0526. The van der Waals surface area contributed by atoms with E-state index in [1.807, 2.05) is 0 Å². The van der Waals surface area contributed by atoms with Crippen molar-refractivity contribution in [3.8, 4) is 5.75 Å². The van der Waals surface area contributed by atoms with E-state index in [4.69, 9.17) is 27.9 Å². The van der Waals surface area contributed by atoms with Gasteiger partial charge in [-0.1, -0.05) is 35.3 Å². The number of carbonyl (C=O) groups excluding carboxylic acids is 1. The van der Waals surface area contributed by atoms with Gasteiger partial charge in [-0.25, -0.2) is 0 Å². The number of rotatable bonds is 5. The third kappa shape index (κ3) is 4.25. The highest BCUT2D eigenvalue weighted by molar-refractivity contribution is 6.43. The van der Waals surface area contributed by atoms with E-state index in [0.717, 1.165) is 0 Å². The Labute approximate surface area is 160 Å². The Balaban J connectivity index is 1.78. The van der Waals surface area contributed by atoms with Gasteiger partial charge in [0.15, 0.2) is 0 Å². The standard InChI is InChI=1S/C19H15Cl2N3O2/c1-26-14-5-2-4-12(10-14)24-19(25)17-11-13(8-9-22-17)23-16-7-3-6-15(20)18(16)21/h2-11H,1H3,(H,22,23)(H,24,25). The number of hydrogen-bond acceptors (Lipinski definition) is 4. The normalized spacial score (nSPS) is 10.3. The van der Waals surface area contributed by atoms with Gasteiger partial charge in [-0.15, -0.1) is 0 Å². The highest BCUT2D eigenvalue weighted by atomic mass is 35.5. The first-order valence-corrected chi connectivity index (χ1v) is 8.45. The van der Waals surface area contributed by atoms with Crippen LogP contribution in [0.25, 0.3) is 0 Å². The van der Waals surface area contributed by atoms with Crippen molar-refractivity contribution in [2.24, 2.45) is 0 Å². The zero-order valence-electron chi connectivity index (χ0n) is 13.8. The number of methoxy groups -OCH3 is 1. The number of aromatic nitrogens is 1. The average molecular weight is 388 g/mol. The molecule has 1 amide bonds. The molecule has 0 saturated heterocycles. The highest BCUT2D eigenvalue weighted by Crippen LogP contribution is 2.31. The second-order valence-electron chi connectivity index (χ2n) is 5.34. The molecule has 2 N–H and O–H groups in total. The zero-order valence-corrected chi connectivity index (χ0v) is 15.3. The Morgan fingerprint density at radius 1 is 1.04 bits per heavy atom. The fourth-order valence-corrected chi connectivity index (χ4v) is 2.63. The summed E-state index contributed by atoms with van der Waals surface area (Å²) in [4.78, 5) is 16.6. The molecule has 5 nitrogen and oxygen atoms in total. The second-order valence-corrected chi connectivity index (χ2v) is 6.13. The van der Waals surface area contributed by atoms with E-state index in [9.17, 15) is 4.79 Å². The largest absolute Gasteiger partial charge is 0.497 e. The molecule has 0 atom stereocenters. The maximum Gasteiger partial charge on any atom is 0.274 e. The summed E-state index contributed by atoms with van der Waals surface area (Å²) in [6.07, 6.45) is 1.54. The van der Waals surface area contributed by atoms with Gasteiger partial charge in [-0.05, 0) is 36.4 Å². The SMILES string of the molecule is COc1cccc(NC(=O)c2cc(Nc3cccc(Cl)c3Cl)ccn2)c1. The summed E-state index contributed by atoms with van der Waals surface area (Å²) in [5.74, 6) is 0.320. The molecule has 3 rings (SSSR count). The van der Waals surface area contributed by atoms with Crippen LogP contribution in [0.4, 0.5) is 17.1 Å². The Morgan fingerprint density at radius 3 is 2.65 bits per heavy atom. The number of pyridine rings is 1. The van der Waals surface area contributed by atoms with Crippen molar-refractivity contribution in [2.45, 2.75) is 0 Å². The molecule has 0 aliphatic rings. The number of amides is 1. The van der Waals surface area contributed by atoms with Crippen LogP contribution in [0.3, 0.4) is 0 Å². The number of nitrogens with one attached hydrogen (secondary N) is 2. The maximum absolute atomic E-state index is 12.5. The van der Waals surface area contributed by atoms with Crippen LogP contribution in [-0.2, 0) is 0 Å². The first-order valence-electron chi connectivity index (χ1n) is 7.69. The van der Waals surface area contributed by atoms with E-state index < -0.39 is 0 Å². The molecule has 132 valence electrons. The van der Waals surface area contributed by atoms with Gasteiger partial charge in [-0.3, -0.25) is 9.78 Å². The Bertz CT molecular complexity index is 948. The van der Waals surface area contributed by atoms with E-state index in [0.29, 0.717) is 32.9 Å². The van der Waals surface area contributed by atoms with Crippen molar-refractivity contribution < 1.29 is 9.53 Å². The summed E-state index contributed by atoms with van der Waals surface area (Å²) in [5.41, 5.74) is 2.19. The molecule has 0 aliphatic carbocycles. The molecule has 0 aliphatic heterocycles. The molecule has 0 fully saturated rings. The van der Waals surface area contributed by atoms with Crippen LogP contribution in [0.5, 0.6) is 5.75 Å². The van der Waals surface area contributed by atoms with E-state index >= 15 is 0 Å². The third-order valence-corrected chi connectivity index (χ3v) is 4.37. The van der Waals surface area contributed by atoms with Crippen molar-refractivity contribution in [1.82, 2.24) is 4.98 Å². The smallest absolute Gasteiger partial charge is 0.274 e. The molecule has 0 bridgehead atoms. The maximum atomic E-state index is 12.5. The number of halogens is 2. The number of anilines is 3. The highest BCUT2D eigenvalue weighted by Gasteiger charge is 2.10. The Kier molecular flexibility index (Phi) is 5.61. The average Bonchev–Trinajstić information content (AvgIpc) is 2.66. The van der Waals surface area contributed by atoms with Gasteiger partial charge in [0.25, 0.3) is 5.91 Å². The number of nitrogens with zero attached hydrogens (tertiary/aromatic N) is 1. The van der Waals surface area contributed by atoms with E-state index in [1.54, 1.807) is 67.9 Å². The lowest BCUT2D eigenvalue weighted by atomic mass is 10.2. The number of benzene rings is 2. The first kappa shape index (κ1) is 18.0. The second kappa shape index (κ2) is 8.08. The minimum absolute atomic E-state index is 0.260. The van der Waals surface area contributed by atoms with Crippen LogP contribution < -0.4 is 15.4 Å². The predicted molar refractivity (Wildman–Crippen MR) is 105 cm³/mol. The van der Waals surface area contributed by atoms with Crippen LogP contribution in [0, 0.1) is 0 Å². The number of hydrogen-bond donors (Lipinski definition) is 2. The molecule has 3 aromatic rings. The first-order chi connectivity index (χ1) is 12.6. The van der Waals surface area contributed by atoms with Crippen molar-refractivity contribution in [1.29, 1.82) is 0 Å². The van der Waals surface area contributed by atoms with Crippen molar-refractivity contribution in [3.05, 3.63) is 76.5 Å². The van der Waals surface area contributed by atoms with Gasteiger partial charge in [0.05, 0.1) is 22.8 Å². The molecule has 1 heterocycles. The molecular formula is C19H15Cl2N3O2. The van der Waals surface area contributed by atoms with Gasteiger partial charge >= 0.3 is 0 Å². The molecule has 0 spiro atoms. The van der Waals surface area contributed by atoms with Gasteiger partial charge in [-0.2, -0.15) is 0 Å². The lowest BCUT2D eigenvalue weighted by molar-refractivity contribution is 0.102. The molecule has 2 aromatic carbocycles. The number of ether oxygens (including phenoxy) is 1. The van der Waals surface area contributed by atoms with Crippen LogP contribution in [0.15, 0.2) is 60.8 Å². The fourth-order valence-electron chi connectivity index (χ4n) is 2.28. The molecular weight excluding hydrogens is 373 g/mol. The summed E-state index contributed by atoms with van der Waals surface area (Å²) in [6.45, 7) is 0. The minimum Gasteiger partial charge on any atom is -0.497 e. The van der Waals surface area contributed by atoms with Gasteiger partial charge in [0, 0.05) is 23.6 Å².